The summed E-state index contributed by atoms with van der Waals surface area (Å²) in [5.74, 6) is -0.0788. The highest BCUT2D eigenvalue weighted by atomic mass is 19.1. The van der Waals surface area contributed by atoms with Gasteiger partial charge in [-0.3, -0.25) is 4.79 Å². The summed E-state index contributed by atoms with van der Waals surface area (Å²) < 4.78 is 15.1. The van der Waals surface area contributed by atoms with Gasteiger partial charge in [-0.15, -0.1) is 0 Å². The summed E-state index contributed by atoms with van der Waals surface area (Å²) in [5, 5.41) is 4.11. The van der Waals surface area contributed by atoms with Crippen molar-refractivity contribution in [2.75, 3.05) is 0 Å². The maximum absolute atomic E-state index is 14.0. The third kappa shape index (κ3) is 1.49. The molecule has 0 radical (unpaired) electrons. The van der Waals surface area contributed by atoms with E-state index in [0.29, 0.717) is 11.3 Å². The predicted octanol–water partition coefficient (Wildman–Crippen LogP) is 2.16. The van der Waals surface area contributed by atoms with Crippen LogP contribution >= 0.6 is 0 Å². The zero-order chi connectivity index (χ0) is 12.2. The lowest BCUT2D eigenvalue weighted by Gasteiger charge is -2.03. The molecule has 0 bridgehead atoms. The van der Waals surface area contributed by atoms with Crippen molar-refractivity contribution in [1.29, 1.82) is 0 Å². The van der Waals surface area contributed by atoms with E-state index in [1.807, 2.05) is 13.8 Å². The summed E-state index contributed by atoms with van der Waals surface area (Å²) in [6, 6.07) is 0. The van der Waals surface area contributed by atoms with Crippen LogP contribution in [0, 0.1) is 5.82 Å². The van der Waals surface area contributed by atoms with Crippen LogP contribution in [0.4, 0.5) is 4.39 Å². The van der Waals surface area contributed by atoms with Gasteiger partial charge in [0.25, 0.3) is 5.56 Å². The van der Waals surface area contributed by atoms with Gasteiger partial charge < -0.3 is 4.98 Å². The normalized spacial score (nSPS) is 16.0. The summed E-state index contributed by atoms with van der Waals surface area (Å²) in [6.07, 6.45) is 3.52. The quantitative estimate of drug-likeness (QED) is 0.867. The molecule has 17 heavy (non-hydrogen) atoms. The largest absolute Gasteiger partial charge is 0.344 e. The molecular weight excluding hydrogens is 221 g/mol. The third-order valence-corrected chi connectivity index (χ3v) is 3.24. The molecule has 5 heteroatoms. The standard InChI is InChI=1S/C12H14FN3O/c1-6(2)8-5-14-11-9(13)10(7-3-4-7)15-16(11)12(8)17/h5-7,14H,3-4H2,1-2H3. The molecule has 0 saturated heterocycles. The van der Waals surface area contributed by atoms with E-state index in [0.717, 1.165) is 12.8 Å². The number of fused-ring (bicyclic) bond motifs is 1. The fourth-order valence-corrected chi connectivity index (χ4v) is 2.05. The van der Waals surface area contributed by atoms with Crippen molar-refractivity contribution in [2.24, 2.45) is 0 Å². The first-order valence-electron chi connectivity index (χ1n) is 5.89. The number of hydrogen-bond acceptors (Lipinski definition) is 2. The van der Waals surface area contributed by atoms with Gasteiger partial charge in [0.2, 0.25) is 0 Å². The molecule has 1 N–H and O–H groups in total. The van der Waals surface area contributed by atoms with Gasteiger partial charge in [0.1, 0.15) is 5.69 Å². The molecule has 0 aromatic carbocycles. The van der Waals surface area contributed by atoms with Crippen molar-refractivity contribution in [3.63, 3.8) is 0 Å². The Morgan fingerprint density at radius 2 is 2.24 bits per heavy atom. The summed E-state index contributed by atoms with van der Waals surface area (Å²) in [5.41, 5.74) is 1.02. The topological polar surface area (TPSA) is 50.2 Å². The maximum Gasteiger partial charge on any atom is 0.277 e. The van der Waals surface area contributed by atoms with Crippen LogP contribution in [-0.2, 0) is 0 Å². The van der Waals surface area contributed by atoms with Crippen LogP contribution in [0.3, 0.4) is 0 Å². The van der Waals surface area contributed by atoms with Crippen LogP contribution in [0.15, 0.2) is 11.0 Å². The first kappa shape index (κ1) is 10.5. The molecule has 1 fully saturated rings. The number of hydrogen-bond donors (Lipinski definition) is 1. The Bertz CT molecular complexity index is 637. The van der Waals surface area contributed by atoms with Crippen LogP contribution in [0.5, 0.6) is 0 Å². The number of H-pyrrole nitrogens is 1. The lowest BCUT2D eigenvalue weighted by Crippen LogP contribution is -2.20. The average Bonchev–Trinajstić information content (AvgIpc) is 3.05. The molecule has 1 aliphatic rings. The second-order valence-corrected chi connectivity index (χ2v) is 4.94. The number of aromatic nitrogens is 3. The Kier molecular flexibility index (Phi) is 2.11. The van der Waals surface area contributed by atoms with Gasteiger partial charge in [0, 0.05) is 17.7 Å². The van der Waals surface area contributed by atoms with Crippen molar-refractivity contribution < 1.29 is 4.39 Å². The Morgan fingerprint density at radius 1 is 1.53 bits per heavy atom. The molecule has 2 aromatic heterocycles. The van der Waals surface area contributed by atoms with E-state index in [1.165, 1.54) is 4.52 Å². The van der Waals surface area contributed by atoms with Gasteiger partial charge in [0.15, 0.2) is 11.5 Å². The molecule has 3 rings (SSSR count). The molecule has 0 amide bonds. The van der Waals surface area contributed by atoms with Crippen LogP contribution in [0.1, 0.15) is 49.8 Å². The molecule has 0 atom stereocenters. The summed E-state index contributed by atoms with van der Waals surface area (Å²) in [4.78, 5) is 14.9. The van der Waals surface area contributed by atoms with E-state index in [9.17, 15) is 9.18 Å². The fourth-order valence-electron chi connectivity index (χ4n) is 2.05. The summed E-state index contributed by atoms with van der Waals surface area (Å²) in [6.45, 7) is 3.86. The summed E-state index contributed by atoms with van der Waals surface area (Å²) in [7, 11) is 0. The van der Waals surface area contributed by atoms with Crippen molar-refractivity contribution in [2.45, 2.75) is 38.5 Å². The lowest BCUT2D eigenvalue weighted by molar-refractivity contribution is 0.617. The molecule has 0 spiro atoms. The van der Waals surface area contributed by atoms with Gasteiger partial charge in [-0.05, 0) is 18.8 Å². The first-order chi connectivity index (χ1) is 8.09. The SMILES string of the molecule is CC(C)c1c[nH]c2c(F)c(C3CC3)nn2c1=O. The van der Waals surface area contributed by atoms with Crippen LogP contribution < -0.4 is 5.56 Å². The fraction of sp³-hybridized carbons (Fsp3) is 0.500. The van der Waals surface area contributed by atoms with E-state index in [4.69, 9.17) is 0 Å². The van der Waals surface area contributed by atoms with Gasteiger partial charge in [-0.2, -0.15) is 9.61 Å². The van der Waals surface area contributed by atoms with Crippen molar-refractivity contribution in [1.82, 2.24) is 14.6 Å². The highest BCUT2D eigenvalue weighted by molar-refractivity contribution is 5.43. The molecular formula is C12H14FN3O. The monoisotopic (exact) mass is 235 g/mol. The van der Waals surface area contributed by atoms with Gasteiger partial charge >= 0.3 is 0 Å². The molecule has 1 aliphatic carbocycles. The number of nitrogens with zero attached hydrogens (tertiary/aromatic N) is 2. The molecule has 90 valence electrons. The zero-order valence-electron chi connectivity index (χ0n) is 9.83. The minimum absolute atomic E-state index is 0.0970. The van der Waals surface area contributed by atoms with Crippen molar-refractivity contribution in [3.8, 4) is 0 Å². The zero-order valence-corrected chi connectivity index (χ0v) is 9.83. The number of rotatable bonds is 2. The van der Waals surface area contributed by atoms with E-state index >= 15 is 0 Å². The van der Waals surface area contributed by atoms with Gasteiger partial charge in [-0.1, -0.05) is 13.8 Å². The predicted molar refractivity (Wildman–Crippen MR) is 61.8 cm³/mol. The maximum atomic E-state index is 14.0. The molecule has 4 nitrogen and oxygen atoms in total. The van der Waals surface area contributed by atoms with Crippen LogP contribution in [-0.4, -0.2) is 14.6 Å². The Labute approximate surface area is 97.5 Å². The Balaban J connectivity index is 2.29. The first-order valence-corrected chi connectivity index (χ1v) is 5.89. The van der Waals surface area contributed by atoms with Crippen molar-refractivity contribution >= 4 is 5.65 Å². The number of aromatic amines is 1. The van der Waals surface area contributed by atoms with Crippen molar-refractivity contribution in [3.05, 3.63) is 33.6 Å². The molecule has 1 saturated carbocycles. The van der Waals surface area contributed by atoms with E-state index in [1.54, 1.807) is 6.20 Å². The molecule has 2 heterocycles. The Morgan fingerprint density at radius 3 is 2.82 bits per heavy atom. The molecule has 0 aliphatic heterocycles. The van der Waals surface area contributed by atoms with E-state index in [2.05, 4.69) is 10.1 Å². The molecule has 2 aromatic rings. The van der Waals surface area contributed by atoms with Gasteiger partial charge in [-0.25, -0.2) is 4.39 Å². The van der Waals surface area contributed by atoms with Crippen LogP contribution in [0.2, 0.25) is 0 Å². The van der Waals surface area contributed by atoms with Crippen LogP contribution in [0.25, 0.3) is 5.65 Å². The van der Waals surface area contributed by atoms with E-state index in [-0.39, 0.29) is 28.9 Å². The Hall–Kier alpha value is -1.65. The van der Waals surface area contributed by atoms with E-state index < -0.39 is 0 Å². The van der Waals surface area contributed by atoms with Gasteiger partial charge in [0.05, 0.1) is 0 Å². The number of nitrogens with one attached hydrogen (secondary N) is 1. The minimum atomic E-state index is -0.375. The third-order valence-electron chi connectivity index (χ3n) is 3.24. The minimum Gasteiger partial charge on any atom is -0.344 e. The second kappa shape index (κ2) is 3.42. The average molecular weight is 235 g/mol. The molecule has 0 unspecified atom stereocenters. The highest BCUT2D eigenvalue weighted by Gasteiger charge is 2.31. The summed E-state index contributed by atoms with van der Waals surface area (Å²) >= 11 is 0. The smallest absolute Gasteiger partial charge is 0.277 e. The second-order valence-electron chi connectivity index (χ2n) is 4.94. The highest BCUT2D eigenvalue weighted by Crippen LogP contribution is 2.40. The number of halogens is 1. The lowest BCUT2D eigenvalue weighted by atomic mass is 10.1.